The Balaban J connectivity index is 0.999. The number of ether oxygens (including phenoxy) is 1. The van der Waals surface area contributed by atoms with Gasteiger partial charge in [-0.1, -0.05) is 171 Å². The molecule has 0 radical (unpaired) electrons. The Bertz CT molecular complexity index is 2840. The van der Waals surface area contributed by atoms with Crippen LogP contribution in [-0.2, 0) is 5.41 Å². The van der Waals surface area contributed by atoms with Gasteiger partial charge >= 0.3 is 0 Å². The van der Waals surface area contributed by atoms with E-state index in [1.54, 1.807) is 0 Å². The fourth-order valence-corrected chi connectivity index (χ4v) is 9.58. The highest BCUT2D eigenvalue weighted by atomic mass is 16.5. The van der Waals surface area contributed by atoms with E-state index in [2.05, 4.69) is 195 Å². The minimum atomic E-state index is -0.483. The summed E-state index contributed by atoms with van der Waals surface area (Å²) in [7, 11) is 0. The molecule has 11 rings (SSSR count). The summed E-state index contributed by atoms with van der Waals surface area (Å²) in [6, 6.07) is 60.9. The van der Waals surface area contributed by atoms with Crippen molar-refractivity contribution < 1.29 is 4.74 Å². The third-order valence-electron chi connectivity index (χ3n) is 12.2. The van der Waals surface area contributed by atoms with Gasteiger partial charge in [0.15, 0.2) is 5.82 Å². The van der Waals surface area contributed by atoms with Crippen LogP contribution in [0.25, 0.3) is 50.0 Å². The molecule has 1 aliphatic heterocycles. The van der Waals surface area contributed by atoms with Gasteiger partial charge in [-0.25, -0.2) is 9.97 Å². The van der Waals surface area contributed by atoms with Crippen LogP contribution in [0.3, 0.4) is 0 Å². The molecule has 0 saturated heterocycles. The molecule has 2 unspecified atom stereocenters. The highest BCUT2D eigenvalue weighted by Gasteiger charge is 2.51. The molecule has 266 valence electrons. The molecule has 0 N–H and O–H groups in total. The van der Waals surface area contributed by atoms with E-state index in [-0.39, 0.29) is 11.8 Å². The zero-order valence-corrected chi connectivity index (χ0v) is 31.1. The van der Waals surface area contributed by atoms with Crippen molar-refractivity contribution in [2.24, 2.45) is 5.92 Å². The van der Waals surface area contributed by atoms with Gasteiger partial charge in [0.2, 0.25) is 0 Å². The fourth-order valence-electron chi connectivity index (χ4n) is 9.58. The molecule has 2 atom stereocenters. The van der Waals surface area contributed by atoms with E-state index in [0.717, 1.165) is 51.5 Å². The first-order chi connectivity index (χ1) is 27.7. The van der Waals surface area contributed by atoms with E-state index in [0.29, 0.717) is 0 Å². The van der Waals surface area contributed by atoms with E-state index < -0.39 is 5.41 Å². The highest BCUT2D eigenvalue weighted by molar-refractivity contribution is 5.94. The highest BCUT2D eigenvalue weighted by Crippen LogP contribution is 2.62. The maximum absolute atomic E-state index is 6.73. The average Bonchev–Trinajstić information content (AvgIpc) is 3.57. The first kappa shape index (κ1) is 32.6. The Hall–Kier alpha value is -6.84. The van der Waals surface area contributed by atoms with Crippen molar-refractivity contribution in [3.8, 4) is 45.0 Å². The molecule has 3 nitrogen and oxygen atoms in total. The molecule has 8 aromatic rings. The van der Waals surface area contributed by atoms with E-state index >= 15 is 0 Å². The number of benzene rings is 7. The number of allylic oxidation sites excluding steroid dienone is 4. The molecule has 1 aromatic heterocycles. The molecule has 3 aliphatic rings. The summed E-state index contributed by atoms with van der Waals surface area (Å²) in [6.07, 6.45) is 7.99. The molecule has 7 aromatic carbocycles. The molecule has 1 spiro atoms. The van der Waals surface area contributed by atoms with E-state index in [1.165, 1.54) is 50.1 Å². The van der Waals surface area contributed by atoms with Crippen LogP contribution >= 0.6 is 0 Å². The lowest BCUT2D eigenvalue weighted by atomic mass is 9.65. The minimum Gasteiger partial charge on any atom is -0.457 e. The van der Waals surface area contributed by atoms with Crippen molar-refractivity contribution in [2.45, 2.75) is 24.7 Å². The summed E-state index contributed by atoms with van der Waals surface area (Å²) < 4.78 is 6.73. The zero-order chi connectivity index (χ0) is 37.2. The number of aromatic nitrogens is 2. The number of hydrogen-bond acceptors (Lipinski definition) is 3. The quantitative estimate of drug-likeness (QED) is 0.178. The Morgan fingerprint density at radius 3 is 1.95 bits per heavy atom. The SMILES string of the molecule is CCC1C=C(c2nc(-c3ccc(-c4ccccc4)cc3)c3ccccc3n2)C=CC1c1ccc2c(c1)C1(c3ccccc3O2)c2ccccc2-c2ccccc21. The molecular formula is C53H38N2O. The Morgan fingerprint density at radius 2 is 1.18 bits per heavy atom. The molecular weight excluding hydrogens is 681 g/mol. The number of nitrogens with zero attached hydrogens (tertiary/aromatic N) is 2. The Kier molecular flexibility index (Phi) is 7.50. The van der Waals surface area contributed by atoms with Crippen LogP contribution in [0.5, 0.6) is 11.5 Å². The van der Waals surface area contributed by atoms with Crippen molar-refractivity contribution in [1.29, 1.82) is 0 Å². The van der Waals surface area contributed by atoms with Crippen LogP contribution in [0.1, 0.15) is 52.9 Å². The summed E-state index contributed by atoms with van der Waals surface area (Å²) in [5, 5.41) is 1.05. The summed E-state index contributed by atoms with van der Waals surface area (Å²) in [5.41, 5.74) is 14.8. The van der Waals surface area contributed by atoms with Crippen molar-refractivity contribution >= 4 is 16.5 Å². The second-order valence-corrected chi connectivity index (χ2v) is 15.1. The van der Waals surface area contributed by atoms with E-state index in [1.807, 2.05) is 0 Å². The summed E-state index contributed by atoms with van der Waals surface area (Å²) in [6.45, 7) is 2.29. The summed E-state index contributed by atoms with van der Waals surface area (Å²) in [4.78, 5) is 10.4. The summed E-state index contributed by atoms with van der Waals surface area (Å²) >= 11 is 0. The van der Waals surface area contributed by atoms with Crippen LogP contribution in [0.2, 0.25) is 0 Å². The standard InChI is InChI=1S/C53H38N2O/c1-2-34-32-39(52-54-48-22-12-8-18-43(48)51(55-52)37-26-24-36(25-27-37)35-14-4-3-5-15-35)28-30-40(34)38-29-31-50-47(33-38)53(46-21-11-13-23-49(46)56-50)44-19-9-6-16-41(44)42-17-7-10-20-45(42)53/h3-34,40H,2H2,1H3. The molecule has 3 heteroatoms. The third kappa shape index (κ3) is 4.90. The van der Waals surface area contributed by atoms with Crippen LogP contribution in [0.4, 0.5) is 0 Å². The normalized spacial score (nSPS) is 17.1. The lowest BCUT2D eigenvalue weighted by molar-refractivity contribution is 0.435. The van der Waals surface area contributed by atoms with Gasteiger partial charge in [0, 0.05) is 33.6 Å². The number of rotatable bonds is 5. The molecule has 56 heavy (non-hydrogen) atoms. The smallest absolute Gasteiger partial charge is 0.160 e. The molecule has 2 aliphatic carbocycles. The van der Waals surface area contributed by atoms with Crippen molar-refractivity contribution in [2.75, 3.05) is 0 Å². The first-order valence-electron chi connectivity index (χ1n) is 19.6. The van der Waals surface area contributed by atoms with E-state index in [4.69, 9.17) is 14.7 Å². The van der Waals surface area contributed by atoms with Crippen molar-refractivity contribution in [1.82, 2.24) is 9.97 Å². The lowest BCUT2D eigenvalue weighted by Gasteiger charge is -2.40. The molecule has 0 amide bonds. The number of para-hydroxylation sites is 2. The van der Waals surface area contributed by atoms with Crippen molar-refractivity contribution in [3.05, 3.63) is 222 Å². The first-order valence-corrected chi connectivity index (χ1v) is 19.6. The largest absolute Gasteiger partial charge is 0.457 e. The molecule has 2 heterocycles. The van der Waals surface area contributed by atoms with Gasteiger partial charge in [-0.15, -0.1) is 0 Å². The van der Waals surface area contributed by atoms with Crippen LogP contribution in [0, 0.1) is 5.92 Å². The number of fused-ring (bicyclic) bond motifs is 10. The Morgan fingerprint density at radius 1 is 0.554 bits per heavy atom. The minimum absolute atomic E-state index is 0.181. The summed E-state index contributed by atoms with van der Waals surface area (Å²) in [5.74, 6) is 3.02. The molecule has 0 fully saturated rings. The van der Waals surface area contributed by atoms with Gasteiger partial charge in [0.05, 0.1) is 16.6 Å². The van der Waals surface area contributed by atoms with Gasteiger partial charge in [-0.3, -0.25) is 0 Å². The van der Waals surface area contributed by atoms with Crippen LogP contribution < -0.4 is 4.74 Å². The maximum Gasteiger partial charge on any atom is 0.160 e. The van der Waals surface area contributed by atoms with Gasteiger partial charge < -0.3 is 4.74 Å². The van der Waals surface area contributed by atoms with Gasteiger partial charge in [-0.05, 0) is 75.5 Å². The zero-order valence-electron chi connectivity index (χ0n) is 31.1. The topological polar surface area (TPSA) is 35.0 Å². The monoisotopic (exact) mass is 718 g/mol. The third-order valence-corrected chi connectivity index (χ3v) is 12.2. The second-order valence-electron chi connectivity index (χ2n) is 15.1. The van der Waals surface area contributed by atoms with E-state index in [9.17, 15) is 0 Å². The predicted octanol–water partition coefficient (Wildman–Crippen LogP) is 13.2. The second kappa shape index (κ2) is 12.9. The van der Waals surface area contributed by atoms with Crippen molar-refractivity contribution in [3.63, 3.8) is 0 Å². The predicted molar refractivity (Wildman–Crippen MR) is 228 cm³/mol. The lowest BCUT2D eigenvalue weighted by Crippen LogP contribution is -2.32. The fraction of sp³-hybridized carbons (Fsp3) is 0.0943. The van der Waals surface area contributed by atoms with Gasteiger partial charge in [0.1, 0.15) is 11.5 Å². The Labute approximate surface area is 327 Å². The number of hydrogen-bond donors (Lipinski definition) is 0. The average molecular weight is 719 g/mol. The molecule has 0 bridgehead atoms. The molecule has 0 saturated carbocycles. The van der Waals surface area contributed by atoms with Crippen LogP contribution in [-0.4, -0.2) is 9.97 Å². The van der Waals surface area contributed by atoms with Gasteiger partial charge in [-0.2, -0.15) is 0 Å². The maximum atomic E-state index is 6.73. The van der Waals surface area contributed by atoms with Crippen LogP contribution in [0.15, 0.2) is 188 Å². The van der Waals surface area contributed by atoms with Gasteiger partial charge in [0.25, 0.3) is 0 Å².